The molecule has 0 bridgehead atoms. The maximum Gasteiger partial charge on any atom is 0.266 e. The number of hydrogen-bond acceptors (Lipinski definition) is 5. The normalized spacial score (nSPS) is 10.7. The molecule has 0 atom stereocenters. The van der Waals surface area contributed by atoms with Crippen molar-refractivity contribution < 1.29 is 19.1 Å². The summed E-state index contributed by atoms with van der Waals surface area (Å²) in [7, 11) is 0. The summed E-state index contributed by atoms with van der Waals surface area (Å²) in [5, 5.41) is 15.3. The summed E-state index contributed by atoms with van der Waals surface area (Å²) in [6, 6.07) is 22.3. The minimum Gasteiger partial charge on any atom is -0.494 e. The Hall–Kier alpha value is -4.28. The predicted molar refractivity (Wildman–Crippen MR) is 132 cm³/mol. The zero-order valence-electron chi connectivity index (χ0n) is 18.4. The van der Waals surface area contributed by atoms with E-state index in [4.69, 9.17) is 21.1 Å². The molecule has 3 rings (SSSR count). The standard InChI is InChI=1S/C26H22ClN3O4/c1-2-33-23-12-8-21(9-13-23)30-26(32)19(16-28)14-18-6-10-24(11-7-18)34-17-25(31)29-22-5-3-4-20(27)15-22/h3-15H,2,17H2,1H3,(H,29,31)(H,30,32). The molecule has 3 aromatic carbocycles. The zero-order chi connectivity index (χ0) is 24.3. The molecule has 172 valence electrons. The highest BCUT2D eigenvalue weighted by molar-refractivity contribution is 6.30. The lowest BCUT2D eigenvalue weighted by molar-refractivity contribution is -0.118. The Labute approximate surface area is 202 Å². The largest absolute Gasteiger partial charge is 0.494 e. The van der Waals surface area contributed by atoms with Crippen molar-refractivity contribution in [1.29, 1.82) is 5.26 Å². The quantitative estimate of drug-likeness (QED) is 0.323. The van der Waals surface area contributed by atoms with E-state index in [2.05, 4.69) is 10.6 Å². The Balaban J connectivity index is 1.55. The molecule has 0 aliphatic rings. The van der Waals surface area contributed by atoms with Gasteiger partial charge in [-0.2, -0.15) is 5.26 Å². The molecule has 2 amide bonds. The molecule has 7 nitrogen and oxygen atoms in total. The van der Waals surface area contributed by atoms with E-state index in [9.17, 15) is 14.9 Å². The third kappa shape index (κ3) is 7.40. The number of nitrogens with zero attached hydrogens (tertiary/aromatic N) is 1. The van der Waals surface area contributed by atoms with E-state index in [1.807, 2.05) is 13.0 Å². The van der Waals surface area contributed by atoms with Gasteiger partial charge in [0.2, 0.25) is 0 Å². The van der Waals surface area contributed by atoms with Gasteiger partial charge < -0.3 is 20.1 Å². The first-order valence-electron chi connectivity index (χ1n) is 10.4. The maximum atomic E-state index is 12.5. The number of benzene rings is 3. The molecular weight excluding hydrogens is 454 g/mol. The Bertz CT molecular complexity index is 1220. The summed E-state index contributed by atoms with van der Waals surface area (Å²) in [5.41, 5.74) is 1.71. The van der Waals surface area contributed by atoms with Gasteiger partial charge in [0.05, 0.1) is 6.61 Å². The van der Waals surface area contributed by atoms with Gasteiger partial charge in [0.15, 0.2) is 6.61 Å². The lowest BCUT2D eigenvalue weighted by Crippen LogP contribution is -2.20. The number of anilines is 2. The SMILES string of the molecule is CCOc1ccc(NC(=O)C(C#N)=Cc2ccc(OCC(=O)Nc3cccc(Cl)c3)cc2)cc1. The zero-order valence-corrected chi connectivity index (χ0v) is 19.1. The van der Waals surface area contributed by atoms with Gasteiger partial charge in [-0.05, 0) is 73.2 Å². The van der Waals surface area contributed by atoms with Crippen molar-refractivity contribution in [3.8, 4) is 17.6 Å². The van der Waals surface area contributed by atoms with Crippen LogP contribution >= 0.6 is 11.6 Å². The molecule has 0 aliphatic heterocycles. The molecular formula is C26H22ClN3O4. The number of nitriles is 1. The summed E-state index contributed by atoms with van der Waals surface area (Å²) in [5.74, 6) is 0.310. The van der Waals surface area contributed by atoms with Gasteiger partial charge in [0.1, 0.15) is 23.1 Å². The van der Waals surface area contributed by atoms with E-state index >= 15 is 0 Å². The van der Waals surface area contributed by atoms with Crippen molar-refractivity contribution in [2.45, 2.75) is 6.92 Å². The molecule has 0 heterocycles. The first-order chi connectivity index (χ1) is 16.5. The van der Waals surface area contributed by atoms with Gasteiger partial charge >= 0.3 is 0 Å². The third-order valence-electron chi connectivity index (χ3n) is 4.46. The number of carbonyl (C=O) groups is 2. The Morgan fingerprint density at radius 3 is 2.26 bits per heavy atom. The Morgan fingerprint density at radius 2 is 1.62 bits per heavy atom. The van der Waals surface area contributed by atoms with Crippen LogP contribution in [-0.2, 0) is 9.59 Å². The molecule has 0 unspecified atom stereocenters. The summed E-state index contributed by atoms with van der Waals surface area (Å²) in [6.45, 7) is 2.25. The molecule has 0 fully saturated rings. The molecule has 0 spiro atoms. The van der Waals surface area contributed by atoms with Crippen molar-refractivity contribution in [3.05, 3.63) is 89.0 Å². The second kappa shape index (κ2) is 12.1. The van der Waals surface area contributed by atoms with Crippen LogP contribution in [-0.4, -0.2) is 25.0 Å². The summed E-state index contributed by atoms with van der Waals surface area (Å²) in [4.78, 5) is 24.5. The highest BCUT2D eigenvalue weighted by Crippen LogP contribution is 2.19. The van der Waals surface area contributed by atoms with E-state index in [0.717, 1.165) is 0 Å². The molecule has 0 aliphatic carbocycles. The second-order valence-corrected chi connectivity index (χ2v) is 7.43. The van der Waals surface area contributed by atoms with Gasteiger partial charge in [-0.1, -0.05) is 29.8 Å². The van der Waals surface area contributed by atoms with Crippen molar-refractivity contribution in [1.82, 2.24) is 0 Å². The fourth-order valence-corrected chi connectivity index (χ4v) is 3.08. The Morgan fingerprint density at radius 1 is 0.941 bits per heavy atom. The van der Waals surface area contributed by atoms with Crippen LogP contribution in [0.2, 0.25) is 5.02 Å². The Kier molecular flexibility index (Phi) is 8.67. The van der Waals surface area contributed by atoms with E-state index < -0.39 is 5.91 Å². The first-order valence-corrected chi connectivity index (χ1v) is 10.8. The van der Waals surface area contributed by atoms with Crippen LogP contribution < -0.4 is 20.1 Å². The molecule has 2 N–H and O–H groups in total. The number of hydrogen-bond donors (Lipinski definition) is 2. The van der Waals surface area contributed by atoms with Crippen LogP contribution in [0.4, 0.5) is 11.4 Å². The van der Waals surface area contributed by atoms with Crippen molar-refractivity contribution in [2.75, 3.05) is 23.8 Å². The fourth-order valence-electron chi connectivity index (χ4n) is 2.89. The van der Waals surface area contributed by atoms with Crippen molar-refractivity contribution in [3.63, 3.8) is 0 Å². The van der Waals surface area contributed by atoms with Crippen LogP contribution in [0.15, 0.2) is 78.4 Å². The molecule has 0 aromatic heterocycles. The number of rotatable bonds is 9. The van der Waals surface area contributed by atoms with Crippen molar-refractivity contribution >= 4 is 40.9 Å². The summed E-state index contributed by atoms with van der Waals surface area (Å²) in [6.07, 6.45) is 1.47. The minimum absolute atomic E-state index is 0.0524. The number of nitrogens with one attached hydrogen (secondary N) is 2. The van der Waals surface area contributed by atoms with Gasteiger partial charge in [0, 0.05) is 16.4 Å². The second-order valence-electron chi connectivity index (χ2n) is 7.00. The smallest absolute Gasteiger partial charge is 0.266 e. The molecule has 3 aromatic rings. The van der Waals surface area contributed by atoms with Crippen molar-refractivity contribution in [2.24, 2.45) is 0 Å². The topological polar surface area (TPSA) is 100 Å². The number of amides is 2. The fraction of sp³-hybridized carbons (Fsp3) is 0.115. The van der Waals surface area contributed by atoms with Crippen LogP contribution in [0.25, 0.3) is 6.08 Å². The summed E-state index contributed by atoms with van der Waals surface area (Å²) >= 11 is 5.90. The number of carbonyl (C=O) groups excluding carboxylic acids is 2. The number of ether oxygens (including phenoxy) is 2. The average Bonchev–Trinajstić information content (AvgIpc) is 2.83. The molecule has 0 saturated carbocycles. The third-order valence-corrected chi connectivity index (χ3v) is 4.69. The van der Waals surface area contributed by atoms with E-state index in [1.165, 1.54) is 6.08 Å². The highest BCUT2D eigenvalue weighted by atomic mass is 35.5. The lowest BCUT2D eigenvalue weighted by atomic mass is 10.1. The van der Waals surface area contributed by atoms with Gasteiger partial charge in [-0.25, -0.2) is 0 Å². The van der Waals surface area contributed by atoms with E-state index in [1.54, 1.807) is 72.8 Å². The first kappa shape index (κ1) is 24.4. The maximum absolute atomic E-state index is 12.5. The van der Waals surface area contributed by atoms with Crippen LogP contribution in [0.3, 0.4) is 0 Å². The van der Waals surface area contributed by atoms with Gasteiger partial charge in [0.25, 0.3) is 11.8 Å². The summed E-state index contributed by atoms with van der Waals surface area (Å²) < 4.78 is 10.9. The van der Waals surface area contributed by atoms with Gasteiger partial charge in [-0.3, -0.25) is 9.59 Å². The molecule has 34 heavy (non-hydrogen) atoms. The van der Waals surface area contributed by atoms with E-state index in [0.29, 0.717) is 40.1 Å². The van der Waals surface area contributed by atoms with E-state index in [-0.39, 0.29) is 18.1 Å². The van der Waals surface area contributed by atoms with Crippen LogP contribution in [0.1, 0.15) is 12.5 Å². The van der Waals surface area contributed by atoms with Crippen LogP contribution in [0, 0.1) is 11.3 Å². The van der Waals surface area contributed by atoms with Gasteiger partial charge in [-0.15, -0.1) is 0 Å². The highest BCUT2D eigenvalue weighted by Gasteiger charge is 2.10. The average molecular weight is 476 g/mol. The monoisotopic (exact) mass is 475 g/mol. The lowest BCUT2D eigenvalue weighted by Gasteiger charge is -2.08. The minimum atomic E-state index is -0.523. The predicted octanol–water partition coefficient (Wildman–Crippen LogP) is 5.30. The molecule has 0 saturated heterocycles. The molecule has 8 heteroatoms. The number of halogens is 1. The molecule has 0 radical (unpaired) electrons. The van der Waals surface area contributed by atoms with Crippen LogP contribution in [0.5, 0.6) is 11.5 Å².